The largest absolute Gasteiger partial charge is 0.504 e. The highest BCUT2D eigenvalue weighted by atomic mass is 35.5. The molecule has 0 radical (unpaired) electrons. The van der Waals surface area contributed by atoms with Crippen LogP contribution in [-0.4, -0.2) is 40.3 Å². The first kappa shape index (κ1) is 34.0. The number of carbonyl (C=O) groups is 4. The van der Waals surface area contributed by atoms with Crippen LogP contribution in [0.1, 0.15) is 38.2 Å². The van der Waals surface area contributed by atoms with Crippen molar-refractivity contribution in [2.24, 2.45) is 29.1 Å². The SMILES string of the molecule is CCOc1cccc(C2C3=CCC4C(=O)N(c5ccc(-c6nc7ccccc7o6)cc5)C(=O)C4C3CC3C(=O)N(c4ccc(F)c(Cl)c4)C(=O)C32C)c1O. The molecule has 3 heterocycles. The molecule has 272 valence electrons. The highest BCUT2D eigenvalue weighted by molar-refractivity contribution is 6.32. The van der Waals surface area contributed by atoms with Crippen molar-refractivity contribution in [1.29, 1.82) is 0 Å². The van der Waals surface area contributed by atoms with Gasteiger partial charge in [-0.1, -0.05) is 47.5 Å². The smallest absolute Gasteiger partial charge is 0.241 e. The van der Waals surface area contributed by atoms with Gasteiger partial charge in [-0.2, -0.15) is 0 Å². The molecule has 4 aromatic carbocycles. The number of fused-ring (bicyclic) bond motifs is 5. The summed E-state index contributed by atoms with van der Waals surface area (Å²) in [6, 6.07) is 23.0. The van der Waals surface area contributed by atoms with Gasteiger partial charge in [0.1, 0.15) is 11.3 Å². The molecule has 1 N–H and O–H groups in total. The quantitative estimate of drug-likeness (QED) is 0.138. The second-order valence-corrected chi connectivity index (χ2v) is 14.8. The van der Waals surface area contributed by atoms with Crippen LogP contribution in [0.25, 0.3) is 22.6 Å². The molecular weight excluding hydrogens is 713 g/mol. The molecule has 3 fully saturated rings. The molecule has 5 aromatic rings. The molecule has 4 aliphatic rings. The van der Waals surface area contributed by atoms with Gasteiger partial charge in [0.15, 0.2) is 17.1 Å². The molecule has 2 aliphatic heterocycles. The third-order valence-corrected chi connectivity index (χ3v) is 12.0. The molecule has 10 nitrogen and oxygen atoms in total. The predicted molar refractivity (Wildman–Crippen MR) is 197 cm³/mol. The summed E-state index contributed by atoms with van der Waals surface area (Å²) in [6.07, 6.45) is 2.23. The van der Waals surface area contributed by atoms with Crippen molar-refractivity contribution in [3.8, 4) is 23.0 Å². The minimum absolute atomic E-state index is 0.103. The monoisotopic (exact) mass is 745 g/mol. The standard InChI is InChI=1S/C42H33ClFN3O7/c1-3-53-33-10-6-7-26(36(33)48)35-24-16-17-25-34(27(24)20-28-39(50)47(41(52)42(28,35)2)23-15-18-30(44)29(43)19-23)40(51)46(38(25)49)22-13-11-21(12-14-22)37-45-31-8-4-5-9-32(31)54-37/h4-16,18-19,25,27-28,34-35,48H,3,17,20H2,1-2H3. The maximum Gasteiger partial charge on any atom is 0.241 e. The average Bonchev–Trinajstić information content (AvgIpc) is 3.77. The number of carbonyl (C=O) groups excluding carboxylic acids is 4. The normalized spacial score (nSPS) is 26.2. The second-order valence-electron chi connectivity index (χ2n) is 14.4. The van der Waals surface area contributed by atoms with E-state index >= 15 is 0 Å². The Morgan fingerprint density at radius 3 is 2.43 bits per heavy atom. The van der Waals surface area contributed by atoms with Gasteiger partial charge in [-0.05, 0) is 93.3 Å². The summed E-state index contributed by atoms with van der Waals surface area (Å²) in [5.41, 5.74) is 2.18. The Morgan fingerprint density at radius 1 is 0.926 bits per heavy atom. The number of oxazole rings is 1. The highest BCUT2D eigenvalue weighted by Gasteiger charge is 2.68. The number of benzene rings is 4. The Morgan fingerprint density at radius 2 is 1.69 bits per heavy atom. The van der Waals surface area contributed by atoms with E-state index < -0.39 is 58.5 Å². The van der Waals surface area contributed by atoms with Gasteiger partial charge in [0.2, 0.25) is 29.5 Å². The first-order valence-corrected chi connectivity index (χ1v) is 18.2. The zero-order valence-corrected chi connectivity index (χ0v) is 29.9. The number of hydrogen-bond acceptors (Lipinski definition) is 8. The lowest BCUT2D eigenvalue weighted by molar-refractivity contribution is -0.131. The van der Waals surface area contributed by atoms with Crippen LogP contribution < -0.4 is 14.5 Å². The molecule has 1 aromatic heterocycles. The number of allylic oxidation sites excluding steroid dienone is 2. The van der Waals surface area contributed by atoms with Crippen LogP contribution in [-0.2, 0) is 19.2 Å². The van der Waals surface area contributed by atoms with Gasteiger partial charge < -0.3 is 14.3 Å². The molecule has 2 aliphatic carbocycles. The predicted octanol–water partition coefficient (Wildman–Crippen LogP) is 7.83. The van der Waals surface area contributed by atoms with Gasteiger partial charge in [-0.3, -0.25) is 24.1 Å². The maximum atomic E-state index is 14.7. The van der Waals surface area contributed by atoms with Crippen molar-refractivity contribution >= 4 is 57.7 Å². The molecule has 6 unspecified atom stereocenters. The summed E-state index contributed by atoms with van der Waals surface area (Å²) >= 11 is 6.12. The van der Waals surface area contributed by atoms with Crippen molar-refractivity contribution < 1.29 is 37.8 Å². The van der Waals surface area contributed by atoms with E-state index in [0.29, 0.717) is 39.4 Å². The molecule has 1 saturated carbocycles. The number of nitrogens with zero attached hydrogens (tertiary/aromatic N) is 3. The molecule has 0 bridgehead atoms. The van der Waals surface area contributed by atoms with Crippen molar-refractivity contribution in [3.05, 3.63) is 113 Å². The molecule has 9 rings (SSSR count). The molecular formula is C42H33ClFN3O7. The Hall–Kier alpha value is -5.81. The van der Waals surface area contributed by atoms with Crippen LogP contribution in [0.15, 0.2) is 101 Å². The lowest BCUT2D eigenvalue weighted by Crippen LogP contribution is -2.48. The number of para-hydroxylation sites is 3. The fraction of sp³-hybridized carbons (Fsp3) is 0.262. The van der Waals surface area contributed by atoms with E-state index in [0.717, 1.165) is 11.0 Å². The number of aromatic nitrogens is 1. The van der Waals surface area contributed by atoms with E-state index in [1.807, 2.05) is 30.3 Å². The van der Waals surface area contributed by atoms with Gasteiger partial charge in [0.25, 0.3) is 0 Å². The number of hydrogen-bond donors (Lipinski definition) is 1. The van der Waals surface area contributed by atoms with Crippen LogP contribution in [0, 0.1) is 34.9 Å². The van der Waals surface area contributed by atoms with E-state index in [1.54, 1.807) is 56.3 Å². The second kappa shape index (κ2) is 12.4. The zero-order chi connectivity index (χ0) is 37.6. The van der Waals surface area contributed by atoms with Crippen molar-refractivity contribution in [1.82, 2.24) is 4.98 Å². The summed E-state index contributed by atoms with van der Waals surface area (Å²) < 4.78 is 25.9. The maximum absolute atomic E-state index is 14.7. The molecule has 12 heteroatoms. The Labute approximate surface area is 313 Å². The van der Waals surface area contributed by atoms with E-state index in [1.165, 1.54) is 17.0 Å². The van der Waals surface area contributed by atoms with E-state index in [9.17, 15) is 28.7 Å². The Balaban J connectivity index is 1.11. The fourth-order valence-electron chi connectivity index (χ4n) is 9.28. The minimum Gasteiger partial charge on any atom is -0.504 e. The number of phenols is 1. The number of anilines is 2. The first-order valence-electron chi connectivity index (χ1n) is 17.8. The number of halogens is 2. The number of amides is 4. The summed E-state index contributed by atoms with van der Waals surface area (Å²) in [5.74, 6) is -6.03. The lowest BCUT2D eigenvalue weighted by Gasteiger charge is -2.49. The molecule has 0 spiro atoms. The third kappa shape index (κ3) is 4.80. The minimum atomic E-state index is -1.43. The summed E-state index contributed by atoms with van der Waals surface area (Å²) in [6.45, 7) is 3.76. The lowest BCUT2D eigenvalue weighted by atomic mass is 9.51. The molecule has 6 atom stereocenters. The van der Waals surface area contributed by atoms with Crippen LogP contribution in [0.2, 0.25) is 5.02 Å². The van der Waals surface area contributed by atoms with Gasteiger partial charge >= 0.3 is 0 Å². The fourth-order valence-corrected chi connectivity index (χ4v) is 9.45. The Kier molecular flexibility index (Phi) is 7.79. The number of phenolic OH excluding ortho intramolecular Hbond substituents is 1. The summed E-state index contributed by atoms with van der Waals surface area (Å²) in [4.78, 5) is 64.7. The topological polar surface area (TPSA) is 130 Å². The van der Waals surface area contributed by atoms with Crippen molar-refractivity contribution in [2.45, 2.75) is 32.6 Å². The van der Waals surface area contributed by atoms with Crippen LogP contribution in [0.4, 0.5) is 15.8 Å². The van der Waals surface area contributed by atoms with E-state index in [-0.39, 0.29) is 47.6 Å². The molecule has 4 amide bonds. The first-order chi connectivity index (χ1) is 26.0. The highest BCUT2D eigenvalue weighted by Crippen LogP contribution is 2.65. The number of imide groups is 2. The Bertz CT molecular complexity index is 2430. The van der Waals surface area contributed by atoms with Crippen molar-refractivity contribution in [2.75, 3.05) is 16.4 Å². The van der Waals surface area contributed by atoms with Crippen LogP contribution in [0.5, 0.6) is 11.5 Å². The average molecular weight is 746 g/mol. The van der Waals surface area contributed by atoms with E-state index in [4.69, 9.17) is 20.8 Å². The number of rotatable bonds is 6. The summed E-state index contributed by atoms with van der Waals surface area (Å²) in [5, 5.41) is 11.4. The van der Waals surface area contributed by atoms with Gasteiger partial charge in [0, 0.05) is 17.0 Å². The zero-order valence-electron chi connectivity index (χ0n) is 29.2. The summed E-state index contributed by atoms with van der Waals surface area (Å²) in [7, 11) is 0. The number of aromatic hydroxyl groups is 1. The number of ether oxygens (including phenoxy) is 1. The molecule has 2 saturated heterocycles. The van der Waals surface area contributed by atoms with E-state index in [2.05, 4.69) is 4.98 Å². The van der Waals surface area contributed by atoms with Crippen molar-refractivity contribution in [3.63, 3.8) is 0 Å². The molecule has 54 heavy (non-hydrogen) atoms. The van der Waals surface area contributed by atoms with Gasteiger partial charge in [0.05, 0.1) is 46.2 Å². The van der Waals surface area contributed by atoms with Crippen LogP contribution >= 0.6 is 11.6 Å². The third-order valence-electron chi connectivity index (χ3n) is 11.7. The van der Waals surface area contributed by atoms with Crippen LogP contribution in [0.3, 0.4) is 0 Å². The van der Waals surface area contributed by atoms with Gasteiger partial charge in [-0.25, -0.2) is 14.3 Å². The van der Waals surface area contributed by atoms with Gasteiger partial charge in [-0.15, -0.1) is 0 Å².